The minimum absolute atomic E-state index is 0.214. The molecular formula is C11H15N3O3S. The van der Waals surface area contributed by atoms with E-state index in [1.54, 1.807) is 23.5 Å². The van der Waals surface area contributed by atoms with Gasteiger partial charge in [0.05, 0.1) is 17.5 Å². The largest absolute Gasteiger partial charge is 0.481 e. The fraction of sp³-hybridized carbons (Fsp3) is 0.545. The number of hydrogen-bond acceptors (Lipinski definition) is 4. The Morgan fingerprint density at radius 2 is 2.44 bits per heavy atom. The highest BCUT2D eigenvalue weighted by atomic mass is 32.1. The van der Waals surface area contributed by atoms with Gasteiger partial charge < -0.3 is 15.3 Å². The molecule has 1 atom stereocenters. The molecule has 2 N–H and O–H groups in total. The summed E-state index contributed by atoms with van der Waals surface area (Å²) < 4.78 is 0. The topological polar surface area (TPSA) is 82.5 Å². The lowest BCUT2D eigenvalue weighted by Crippen LogP contribution is -2.40. The van der Waals surface area contributed by atoms with Gasteiger partial charge in [-0.05, 0) is 13.3 Å². The van der Waals surface area contributed by atoms with Gasteiger partial charge in [-0.25, -0.2) is 4.79 Å². The van der Waals surface area contributed by atoms with Crippen molar-refractivity contribution < 1.29 is 14.7 Å². The predicted molar refractivity (Wildman–Crippen MR) is 66.3 cm³/mol. The smallest absolute Gasteiger partial charge is 0.317 e. The summed E-state index contributed by atoms with van der Waals surface area (Å²) in [4.78, 5) is 29.4. The number of aliphatic carboxylic acids is 1. The highest BCUT2D eigenvalue weighted by molar-refractivity contribution is 7.09. The number of likely N-dealkylation sites (tertiary alicyclic amines) is 1. The quantitative estimate of drug-likeness (QED) is 0.862. The SMILES string of the molecule is CC1(C(=O)O)CCN(C(=O)NCc2cncs2)C1. The number of aromatic nitrogens is 1. The summed E-state index contributed by atoms with van der Waals surface area (Å²) in [7, 11) is 0. The second-order valence-electron chi connectivity index (χ2n) is 4.66. The molecule has 6 nitrogen and oxygen atoms in total. The average Bonchev–Trinajstić information content (AvgIpc) is 2.95. The van der Waals surface area contributed by atoms with Crippen LogP contribution < -0.4 is 5.32 Å². The lowest BCUT2D eigenvalue weighted by molar-refractivity contribution is -0.146. The maximum atomic E-state index is 11.9. The molecule has 0 bridgehead atoms. The van der Waals surface area contributed by atoms with Crippen LogP contribution in [0.1, 0.15) is 18.2 Å². The first-order valence-electron chi connectivity index (χ1n) is 5.65. The predicted octanol–water partition coefficient (Wildman–Crippen LogP) is 1.15. The van der Waals surface area contributed by atoms with Crippen molar-refractivity contribution in [1.82, 2.24) is 15.2 Å². The molecule has 0 spiro atoms. The van der Waals surface area contributed by atoms with Crippen molar-refractivity contribution in [3.05, 3.63) is 16.6 Å². The number of urea groups is 1. The number of carboxylic acid groups (broad SMARTS) is 1. The van der Waals surface area contributed by atoms with E-state index in [4.69, 9.17) is 5.11 Å². The Morgan fingerprint density at radius 3 is 3.00 bits per heavy atom. The Kier molecular flexibility index (Phi) is 3.51. The van der Waals surface area contributed by atoms with Crippen molar-refractivity contribution in [2.45, 2.75) is 19.9 Å². The fourth-order valence-electron chi connectivity index (χ4n) is 1.91. The van der Waals surface area contributed by atoms with Gasteiger partial charge in [0.15, 0.2) is 0 Å². The number of rotatable bonds is 3. The molecule has 1 aliphatic rings. The highest BCUT2D eigenvalue weighted by Crippen LogP contribution is 2.29. The zero-order chi connectivity index (χ0) is 13.2. The van der Waals surface area contributed by atoms with Crippen LogP contribution >= 0.6 is 11.3 Å². The molecule has 1 aliphatic heterocycles. The zero-order valence-corrected chi connectivity index (χ0v) is 10.9. The van der Waals surface area contributed by atoms with E-state index in [0.29, 0.717) is 19.5 Å². The van der Waals surface area contributed by atoms with Crippen LogP contribution in [0.2, 0.25) is 0 Å². The number of carbonyl (C=O) groups excluding carboxylic acids is 1. The van der Waals surface area contributed by atoms with Gasteiger partial charge in [-0.15, -0.1) is 11.3 Å². The van der Waals surface area contributed by atoms with Gasteiger partial charge in [0.2, 0.25) is 0 Å². The number of thiazole rings is 1. The summed E-state index contributed by atoms with van der Waals surface area (Å²) in [6, 6.07) is -0.214. The maximum Gasteiger partial charge on any atom is 0.317 e. The Labute approximate surface area is 109 Å². The molecule has 18 heavy (non-hydrogen) atoms. The van der Waals surface area contributed by atoms with Crippen LogP contribution in [-0.2, 0) is 11.3 Å². The fourth-order valence-corrected chi connectivity index (χ4v) is 2.45. The van der Waals surface area contributed by atoms with Gasteiger partial charge in [-0.2, -0.15) is 0 Å². The molecular weight excluding hydrogens is 254 g/mol. The van der Waals surface area contributed by atoms with E-state index >= 15 is 0 Å². The molecule has 98 valence electrons. The van der Waals surface area contributed by atoms with Crippen LogP contribution in [0.5, 0.6) is 0 Å². The average molecular weight is 269 g/mol. The summed E-state index contributed by atoms with van der Waals surface area (Å²) >= 11 is 1.47. The molecule has 7 heteroatoms. The lowest BCUT2D eigenvalue weighted by Gasteiger charge is -2.20. The van der Waals surface area contributed by atoms with E-state index in [9.17, 15) is 9.59 Å². The minimum atomic E-state index is -0.847. The van der Waals surface area contributed by atoms with E-state index in [-0.39, 0.29) is 12.6 Å². The molecule has 1 saturated heterocycles. The second kappa shape index (κ2) is 4.93. The number of carbonyl (C=O) groups is 2. The summed E-state index contributed by atoms with van der Waals surface area (Å²) in [6.07, 6.45) is 2.20. The molecule has 0 radical (unpaired) electrons. The van der Waals surface area contributed by atoms with Crippen molar-refractivity contribution in [2.75, 3.05) is 13.1 Å². The number of nitrogens with one attached hydrogen (secondary N) is 1. The van der Waals surface area contributed by atoms with Gasteiger partial charge in [-0.3, -0.25) is 9.78 Å². The van der Waals surface area contributed by atoms with E-state index in [1.807, 2.05) is 0 Å². The third-order valence-corrected chi connectivity index (χ3v) is 3.95. The molecule has 2 rings (SSSR count). The second-order valence-corrected chi connectivity index (χ2v) is 5.63. The van der Waals surface area contributed by atoms with E-state index in [1.165, 1.54) is 11.3 Å². The Bertz CT molecular complexity index is 448. The van der Waals surface area contributed by atoms with Crippen molar-refractivity contribution in [2.24, 2.45) is 5.41 Å². The first kappa shape index (κ1) is 12.8. The number of hydrogen-bond donors (Lipinski definition) is 2. The highest BCUT2D eigenvalue weighted by Gasteiger charge is 2.42. The summed E-state index contributed by atoms with van der Waals surface area (Å²) in [5, 5.41) is 11.9. The normalized spacial score (nSPS) is 23.1. The van der Waals surface area contributed by atoms with Crippen molar-refractivity contribution in [3.63, 3.8) is 0 Å². The molecule has 2 amide bonds. The van der Waals surface area contributed by atoms with Gasteiger partial charge in [-0.1, -0.05) is 0 Å². The van der Waals surface area contributed by atoms with Crippen LogP contribution in [0.25, 0.3) is 0 Å². The van der Waals surface area contributed by atoms with Crippen LogP contribution in [0.15, 0.2) is 11.7 Å². The molecule has 0 saturated carbocycles. The van der Waals surface area contributed by atoms with Crippen LogP contribution in [0.4, 0.5) is 4.79 Å². The summed E-state index contributed by atoms with van der Waals surface area (Å²) in [5.41, 5.74) is 0.890. The minimum Gasteiger partial charge on any atom is -0.481 e. The standard InChI is InChI=1S/C11H15N3O3S/c1-11(9(15)16)2-3-14(6-11)10(17)13-5-8-4-12-7-18-8/h4,7H,2-3,5-6H2,1H3,(H,13,17)(H,15,16). The number of carboxylic acids is 1. The van der Waals surface area contributed by atoms with Gasteiger partial charge >= 0.3 is 12.0 Å². The Hall–Kier alpha value is -1.63. The van der Waals surface area contributed by atoms with Crippen molar-refractivity contribution in [3.8, 4) is 0 Å². The van der Waals surface area contributed by atoms with Crippen LogP contribution in [-0.4, -0.2) is 40.1 Å². The third-order valence-electron chi connectivity index (χ3n) is 3.17. The monoisotopic (exact) mass is 269 g/mol. The lowest BCUT2D eigenvalue weighted by atomic mass is 9.90. The van der Waals surface area contributed by atoms with E-state index < -0.39 is 11.4 Å². The molecule has 0 aliphatic carbocycles. The van der Waals surface area contributed by atoms with Crippen LogP contribution in [0, 0.1) is 5.41 Å². The summed E-state index contributed by atoms with van der Waals surface area (Å²) in [5.74, 6) is -0.847. The first-order chi connectivity index (χ1) is 8.51. The Balaban J connectivity index is 1.86. The number of amides is 2. The molecule has 1 fully saturated rings. The number of nitrogens with zero attached hydrogens (tertiary/aromatic N) is 2. The molecule has 1 aromatic heterocycles. The van der Waals surface area contributed by atoms with Gasteiger partial charge in [0.25, 0.3) is 0 Å². The van der Waals surface area contributed by atoms with E-state index in [2.05, 4.69) is 10.3 Å². The molecule has 0 aromatic carbocycles. The Morgan fingerprint density at radius 1 is 1.67 bits per heavy atom. The van der Waals surface area contributed by atoms with Gasteiger partial charge in [0, 0.05) is 24.2 Å². The zero-order valence-electron chi connectivity index (χ0n) is 10.0. The third kappa shape index (κ3) is 2.61. The molecule has 1 aromatic rings. The van der Waals surface area contributed by atoms with Gasteiger partial charge in [0.1, 0.15) is 0 Å². The van der Waals surface area contributed by atoms with Crippen molar-refractivity contribution >= 4 is 23.3 Å². The first-order valence-corrected chi connectivity index (χ1v) is 6.53. The van der Waals surface area contributed by atoms with E-state index in [0.717, 1.165) is 4.88 Å². The van der Waals surface area contributed by atoms with Crippen molar-refractivity contribution in [1.29, 1.82) is 0 Å². The summed E-state index contributed by atoms with van der Waals surface area (Å²) in [6.45, 7) is 2.85. The molecule has 2 heterocycles. The molecule has 1 unspecified atom stereocenters. The maximum absolute atomic E-state index is 11.9. The van der Waals surface area contributed by atoms with Crippen LogP contribution in [0.3, 0.4) is 0 Å².